The summed E-state index contributed by atoms with van der Waals surface area (Å²) in [4.78, 5) is 14.3. The van der Waals surface area contributed by atoms with E-state index in [1.54, 1.807) is 0 Å². The smallest absolute Gasteiger partial charge is 0.222 e. The summed E-state index contributed by atoms with van der Waals surface area (Å²) in [6, 6.07) is 1.18. The molecule has 4 fully saturated rings. The predicted molar refractivity (Wildman–Crippen MR) is 108 cm³/mol. The van der Waals surface area contributed by atoms with E-state index in [-0.39, 0.29) is 12.1 Å². The second kappa shape index (κ2) is 8.94. The van der Waals surface area contributed by atoms with Crippen LogP contribution < -0.4 is 16.1 Å². The van der Waals surface area contributed by atoms with Crippen LogP contribution in [-0.2, 0) is 4.79 Å². The fourth-order valence-corrected chi connectivity index (χ4v) is 6.02. The summed E-state index contributed by atoms with van der Waals surface area (Å²) >= 11 is 0. The predicted octanol–water partition coefficient (Wildman–Crippen LogP) is 1.63. The van der Waals surface area contributed by atoms with Crippen molar-refractivity contribution in [3.63, 3.8) is 0 Å². The van der Waals surface area contributed by atoms with E-state index >= 15 is 0 Å². The van der Waals surface area contributed by atoms with E-state index in [0.29, 0.717) is 42.8 Å². The highest BCUT2D eigenvalue weighted by Gasteiger charge is 2.45. The molecule has 1 amide bonds. The molecule has 0 aromatic rings. The molecular weight excluding hydrogens is 357 g/mol. The molecule has 3 aliphatic heterocycles. The molecule has 7 atom stereocenters. The number of carbonyl (C=O) groups excluding carboxylic acids is 1. The first kappa shape index (κ1) is 20.5. The second-order valence-corrected chi connectivity index (χ2v) is 9.48. The maximum Gasteiger partial charge on any atom is 0.222 e. The van der Waals surface area contributed by atoms with Gasteiger partial charge in [-0.15, -0.1) is 0 Å². The number of hydrazine groups is 1. The Morgan fingerprint density at radius 2 is 1.96 bits per heavy atom. The Kier molecular flexibility index (Phi) is 6.55. The van der Waals surface area contributed by atoms with E-state index in [4.69, 9.17) is 0 Å². The molecule has 28 heavy (non-hydrogen) atoms. The number of hydrogen-bond donors (Lipinski definition) is 3. The molecule has 7 unspecified atom stereocenters. The minimum atomic E-state index is -0.622. The van der Waals surface area contributed by atoms with Crippen LogP contribution in [0.25, 0.3) is 0 Å². The molecule has 4 rings (SSSR count). The Morgan fingerprint density at radius 3 is 2.68 bits per heavy atom. The molecule has 7 heteroatoms. The number of hydrogen-bond acceptors (Lipinski definition) is 5. The number of halogens is 1. The molecule has 160 valence electrons. The van der Waals surface area contributed by atoms with Crippen LogP contribution in [0.1, 0.15) is 58.3 Å². The molecule has 0 radical (unpaired) electrons. The first-order valence-electron chi connectivity index (χ1n) is 11.4. The molecule has 0 aromatic carbocycles. The monoisotopic (exact) mass is 395 g/mol. The van der Waals surface area contributed by atoms with Crippen molar-refractivity contribution in [2.75, 3.05) is 26.7 Å². The fourth-order valence-electron chi connectivity index (χ4n) is 6.02. The Balaban J connectivity index is 1.45. The molecule has 1 aliphatic carbocycles. The van der Waals surface area contributed by atoms with E-state index in [2.05, 4.69) is 28.1 Å². The number of nitrogens with zero attached hydrogens (tertiary/aromatic N) is 2. The van der Waals surface area contributed by atoms with Crippen molar-refractivity contribution < 1.29 is 9.18 Å². The van der Waals surface area contributed by atoms with Gasteiger partial charge in [0, 0.05) is 51.2 Å². The van der Waals surface area contributed by atoms with Crippen molar-refractivity contribution in [2.45, 2.75) is 88.8 Å². The average Bonchev–Trinajstić information content (AvgIpc) is 3.12. The summed E-state index contributed by atoms with van der Waals surface area (Å²) in [6.07, 6.45) is 6.97. The number of nitrogens with one attached hydrogen (secondary N) is 3. The SMILES string of the molecule is CCC(=O)N1CCC2C(C1)NC(CC1CCCC(F)C1)NC2C1CCN(C)N1. The summed E-state index contributed by atoms with van der Waals surface area (Å²) in [5.41, 5.74) is 3.64. The maximum atomic E-state index is 13.9. The Morgan fingerprint density at radius 1 is 1.11 bits per heavy atom. The molecule has 3 heterocycles. The lowest BCUT2D eigenvalue weighted by Gasteiger charge is -2.51. The van der Waals surface area contributed by atoms with Gasteiger partial charge >= 0.3 is 0 Å². The summed E-state index contributed by atoms with van der Waals surface area (Å²) < 4.78 is 13.9. The molecule has 3 saturated heterocycles. The number of likely N-dealkylation sites (tertiary alicyclic amines) is 1. The molecular formula is C21H38FN5O. The summed E-state index contributed by atoms with van der Waals surface area (Å²) in [6.45, 7) is 4.70. The van der Waals surface area contributed by atoms with Crippen molar-refractivity contribution in [3.8, 4) is 0 Å². The Labute approximate surface area is 168 Å². The summed E-state index contributed by atoms with van der Waals surface area (Å²) in [5.74, 6) is 1.25. The second-order valence-electron chi connectivity index (χ2n) is 9.48. The Hall–Kier alpha value is -0.760. The first-order valence-corrected chi connectivity index (χ1v) is 11.4. The lowest BCUT2D eigenvalue weighted by molar-refractivity contribution is -0.133. The lowest BCUT2D eigenvalue weighted by atomic mass is 9.77. The largest absolute Gasteiger partial charge is 0.341 e. The zero-order chi connectivity index (χ0) is 19.7. The maximum absolute atomic E-state index is 13.9. The number of fused-ring (bicyclic) bond motifs is 1. The van der Waals surface area contributed by atoms with Gasteiger partial charge in [0.25, 0.3) is 0 Å². The van der Waals surface area contributed by atoms with Crippen LogP contribution in [0.3, 0.4) is 0 Å². The third-order valence-electron chi connectivity index (χ3n) is 7.47. The van der Waals surface area contributed by atoms with Crippen LogP contribution in [-0.4, -0.2) is 73.0 Å². The zero-order valence-corrected chi connectivity index (χ0v) is 17.5. The van der Waals surface area contributed by atoms with E-state index in [9.17, 15) is 9.18 Å². The molecule has 0 spiro atoms. The first-order chi connectivity index (χ1) is 13.5. The third-order valence-corrected chi connectivity index (χ3v) is 7.47. The molecule has 4 aliphatic rings. The fraction of sp³-hybridized carbons (Fsp3) is 0.952. The lowest BCUT2D eigenvalue weighted by Crippen LogP contribution is -2.71. The normalized spacial score (nSPS) is 42.4. The third kappa shape index (κ3) is 4.53. The van der Waals surface area contributed by atoms with Crippen molar-refractivity contribution in [1.29, 1.82) is 0 Å². The molecule has 3 N–H and O–H groups in total. The minimum absolute atomic E-state index is 0.214. The van der Waals surface area contributed by atoms with Gasteiger partial charge in [0.05, 0.1) is 6.17 Å². The van der Waals surface area contributed by atoms with Crippen LogP contribution in [0, 0.1) is 11.8 Å². The number of amides is 1. The van der Waals surface area contributed by atoms with Crippen LogP contribution in [0.4, 0.5) is 4.39 Å². The van der Waals surface area contributed by atoms with Gasteiger partial charge < -0.3 is 4.90 Å². The summed E-state index contributed by atoms with van der Waals surface area (Å²) in [5, 5.41) is 9.93. The van der Waals surface area contributed by atoms with Gasteiger partial charge in [-0.05, 0) is 43.9 Å². The van der Waals surface area contributed by atoms with Gasteiger partial charge in [0.2, 0.25) is 5.91 Å². The number of rotatable bonds is 4. The van der Waals surface area contributed by atoms with Crippen LogP contribution in [0.2, 0.25) is 0 Å². The average molecular weight is 396 g/mol. The highest BCUT2D eigenvalue weighted by molar-refractivity contribution is 5.76. The molecule has 6 nitrogen and oxygen atoms in total. The van der Waals surface area contributed by atoms with Crippen molar-refractivity contribution in [2.24, 2.45) is 11.8 Å². The highest BCUT2D eigenvalue weighted by atomic mass is 19.1. The van der Waals surface area contributed by atoms with Gasteiger partial charge in [-0.3, -0.25) is 20.9 Å². The number of carbonyl (C=O) groups is 1. The van der Waals surface area contributed by atoms with Gasteiger partial charge in [-0.1, -0.05) is 19.8 Å². The van der Waals surface area contributed by atoms with E-state index < -0.39 is 6.17 Å². The quantitative estimate of drug-likeness (QED) is 0.675. The number of alkyl halides is 1. The minimum Gasteiger partial charge on any atom is -0.341 e. The van der Waals surface area contributed by atoms with Gasteiger partial charge in [0.15, 0.2) is 0 Å². The van der Waals surface area contributed by atoms with Gasteiger partial charge in [-0.25, -0.2) is 9.40 Å². The van der Waals surface area contributed by atoms with E-state index in [0.717, 1.165) is 58.2 Å². The van der Waals surface area contributed by atoms with Crippen molar-refractivity contribution >= 4 is 5.91 Å². The van der Waals surface area contributed by atoms with E-state index in [1.165, 1.54) is 0 Å². The van der Waals surface area contributed by atoms with E-state index in [1.807, 2.05) is 11.8 Å². The van der Waals surface area contributed by atoms with Gasteiger partial charge in [0.1, 0.15) is 6.17 Å². The topological polar surface area (TPSA) is 59.6 Å². The molecule has 1 saturated carbocycles. The zero-order valence-electron chi connectivity index (χ0n) is 17.5. The molecule has 0 aromatic heterocycles. The van der Waals surface area contributed by atoms with Crippen LogP contribution in [0.15, 0.2) is 0 Å². The van der Waals surface area contributed by atoms with Crippen molar-refractivity contribution in [3.05, 3.63) is 0 Å². The van der Waals surface area contributed by atoms with Crippen LogP contribution >= 0.6 is 0 Å². The summed E-state index contributed by atoms with van der Waals surface area (Å²) in [7, 11) is 2.11. The van der Waals surface area contributed by atoms with Crippen molar-refractivity contribution in [1.82, 2.24) is 26.0 Å². The Bertz CT molecular complexity index is 549. The highest BCUT2D eigenvalue weighted by Crippen LogP contribution is 2.33. The van der Waals surface area contributed by atoms with Gasteiger partial charge in [-0.2, -0.15) is 0 Å². The molecule has 0 bridgehead atoms. The standard InChI is InChI=1S/C21H38FN5O/c1-3-20(28)27-10-7-16-18(13-27)23-19(12-14-5-4-6-15(22)11-14)24-21(16)17-8-9-26(2)25-17/h14-19,21,23-25H,3-13H2,1-2H3. The number of piperidine rings is 1. The van der Waals surface area contributed by atoms with Crippen LogP contribution in [0.5, 0.6) is 0 Å².